The summed E-state index contributed by atoms with van der Waals surface area (Å²) in [6.45, 7) is 7.97. The number of hydrogen-bond donors (Lipinski definition) is 1. The molecule has 5 heteroatoms. The molecule has 1 atom stereocenters. The van der Waals surface area contributed by atoms with Crippen molar-refractivity contribution in [1.29, 1.82) is 0 Å². The first-order chi connectivity index (χ1) is 10.2. The van der Waals surface area contributed by atoms with E-state index in [0.29, 0.717) is 16.1 Å². The molecule has 21 heavy (non-hydrogen) atoms. The largest absolute Gasteiger partial charge is 0.313 e. The number of halogens is 2. The molecule has 3 nitrogen and oxygen atoms in total. The Morgan fingerprint density at radius 2 is 1.81 bits per heavy atom. The van der Waals surface area contributed by atoms with Gasteiger partial charge in [0.2, 0.25) is 0 Å². The van der Waals surface area contributed by atoms with Crippen LogP contribution >= 0.6 is 23.2 Å². The predicted molar refractivity (Wildman–Crippen MR) is 89.2 cm³/mol. The Kier molecular flexibility index (Phi) is 5.41. The molecule has 0 aromatic heterocycles. The Morgan fingerprint density at radius 3 is 2.48 bits per heavy atom. The monoisotopic (exact) mass is 327 g/mol. The number of piperazine rings is 1. The van der Waals surface area contributed by atoms with E-state index in [1.54, 1.807) is 0 Å². The first-order valence-corrected chi connectivity index (χ1v) is 8.58. The maximum atomic E-state index is 6.08. The van der Waals surface area contributed by atoms with Gasteiger partial charge in [0.25, 0.3) is 0 Å². The van der Waals surface area contributed by atoms with Crippen molar-refractivity contribution in [1.82, 2.24) is 15.1 Å². The molecule has 2 aliphatic rings. The summed E-state index contributed by atoms with van der Waals surface area (Å²) in [5.74, 6) is 0. The van der Waals surface area contributed by atoms with E-state index in [1.165, 1.54) is 44.6 Å². The molecule has 0 spiro atoms. The highest BCUT2D eigenvalue weighted by molar-refractivity contribution is 6.42. The van der Waals surface area contributed by atoms with Crippen molar-refractivity contribution in [2.75, 3.05) is 39.3 Å². The smallest absolute Gasteiger partial charge is 0.0595 e. The topological polar surface area (TPSA) is 18.5 Å². The molecule has 0 saturated carbocycles. The predicted octanol–water partition coefficient (Wildman–Crippen LogP) is 2.86. The van der Waals surface area contributed by atoms with Crippen molar-refractivity contribution in [3.8, 4) is 0 Å². The highest BCUT2D eigenvalue weighted by atomic mass is 35.5. The van der Waals surface area contributed by atoms with Crippen LogP contribution in [0.15, 0.2) is 18.2 Å². The first kappa shape index (κ1) is 15.6. The van der Waals surface area contributed by atoms with Gasteiger partial charge in [-0.05, 0) is 37.1 Å². The molecule has 0 radical (unpaired) electrons. The van der Waals surface area contributed by atoms with Crippen molar-refractivity contribution in [2.24, 2.45) is 0 Å². The van der Waals surface area contributed by atoms with Gasteiger partial charge in [0.05, 0.1) is 10.0 Å². The van der Waals surface area contributed by atoms with E-state index in [-0.39, 0.29) is 0 Å². The van der Waals surface area contributed by atoms with Gasteiger partial charge in [0, 0.05) is 45.3 Å². The Morgan fingerprint density at radius 1 is 1.05 bits per heavy atom. The highest BCUT2D eigenvalue weighted by Gasteiger charge is 2.21. The molecule has 0 amide bonds. The SMILES string of the molecule is Clc1ccc(CN2CCN(CC3CCCN3)CC2)cc1Cl. The second-order valence-electron chi connectivity index (χ2n) is 6.12. The Bertz CT molecular complexity index is 467. The van der Waals surface area contributed by atoms with Crippen molar-refractivity contribution in [2.45, 2.75) is 25.4 Å². The molecule has 0 aliphatic carbocycles. The number of nitrogens with zero attached hydrogens (tertiary/aromatic N) is 2. The van der Waals surface area contributed by atoms with E-state index in [0.717, 1.165) is 19.6 Å². The van der Waals surface area contributed by atoms with E-state index >= 15 is 0 Å². The van der Waals surface area contributed by atoms with Crippen LogP contribution in [0.4, 0.5) is 0 Å². The zero-order chi connectivity index (χ0) is 14.7. The molecule has 116 valence electrons. The Balaban J connectivity index is 1.45. The quantitative estimate of drug-likeness (QED) is 0.917. The second-order valence-corrected chi connectivity index (χ2v) is 6.93. The second kappa shape index (κ2) is 7.30. The number of benzene rings is 1. The van der Waals surface area contributed by atoms with Gasteiger partial charge in [-0.25, -0.2) is 0 Å². The van der Waals surface area contributed by atoms with Crippen LogP contribution in [-0.4, -0.2) is 55.1 Å². The van der Waals surface area contributed by atoms with Crippen LogP contribution < -0.4 is 5.32 Å². The third-order valence-corrected chi connectivity index (χ3v) is 5.24. The molecular formula is C16H23Cl2N3. The van der Waals surface area contributed by atoms with Crippen LogP contribution in [0.3, 0.4) is 0 Å². The summed E-state index contributed by atoms with van der Waals surface area (Å²) in [5, 5.41) is 4.87. The molecule has 1 N–H and O–H groups in total. The molecule has 1 aromatic carbocycles. The average molecular weight is 328 g/mol. The number of hydrogen-bond acceptors (Lipinski definition) is 3. The summed E-state index contributed by atoms with van der Waals surface area (Å²) >= 11 is 12.0. The standard InChI is InChI=1S/C16H23Cl2N3/c17-15-4-3-13(10-16(15)18)11-20-6-8-21(9-7-20)12-14-2-1-5-19-14/h3-4,10,14,19H,1-2,5-9,11-12H2. The van der Waals surface area contributed by atoms with Gasteiger partial charge in [-0.1, -0.05) is 29.3 Å². The summed E-state index contributed by atoms with van der Waals surface area (Å²) in [7, 11) is 0. The molecule has 2 aliphatic heterocycles. The lowest BCUT2D eigenvalue weighted by Gasteiger charge is -2.36. The lowest BCUT2D eigenvalue weighted by Crippen LogP contribution is -2.49. The van der Waals surface area contributed by atoms with E-state index in [2.05, 4.69) is 21.2 Å². The van der Waals surface area contributed by atoms with Crippen LogP contribution in [0, 0.1) is 0 Å². The van der Waals surface area contributed by atoms with Gasteiger partial charge >= 0.3 is 0 Å². The molecule has 2 heterocycles. The summed E-state index contributed by atoms with van der Waals surface area (Å²) in [6, 6.07) is 6.66. The van der Waals surface area contributed by atoms with Crippen LogP contribution in [0.5, 0.6) is 0 Å². The highest BCUT2D eigenvalue weighted by Crippen LogP contribution is 2.23. The Labute approximate surface area is 137 Å². The summed E-state index contributed by atoms with van der Waals surface area (Å²) in [6.07, 6.45) is 2.67. The van der Waals surface area contributed by atoms with Gasteiger partial charge in [0.1, 0.15) is 0 Å². The molecule has 0 bridgehead atoms. The van der Waals surface area contributed by atoms with E-state index in [1.807, 2.05) is 12.1 Å². The minimum Gasteiger partial charge on any atom is -0.313 e. The fraction of sp³-hybridized carbons (Fsp3) is 0.625. The fourth-order valence-electron chi connectivity index (χ4n) is 3.25. The van der Waals surface area contributed by atoms with Gasteiger partial charge in [-0.2, -0.15) is 0 Å². The molecule has 1 unspecified atom stereocenters. The van der Waals surface area contributed by atoms with E-state index < -0.39 is 0 Å². The van der Waals surface area contributed by atoms with Crippen LogP contribution in [0.1, 0.15) is 18.4 Å². The van der Waals surface area contributed by atoms with Gasteiger partial charge in [0.15, 0.2) is 0 Å². The van der Waals surface area contributed by atoms with Gasteiger partial charge in [-0.15, -0.1) is 0 Å². The van der Waals surface area contributed by atoms with Gasteiger partial charge in [-0.3, -0.25) is 9.80 Å². The molecule has 3 rings (SSSR count). The number of rotatable bonds is 4. The minimum absolute atomic E-state index is 0.634. The summed E-state index contributed by atoms with van der Waals surface area (Å²) in [5.41, 5.74) is 1.25. The van der Waals surface area contributed by atoms with Crippen LogP contribution in [-0.2, 0) is 6.54 Å². The fourth-order valence-corrected chi connectivity index (χ4v) is 3.57. The average Bonchev–Trinajstić information content (AvgIpc) is 2.98. The van der Waals surface area contributed by atoms with E-state index in [9.17, 15) is 0 Å². The normalized spacial score (nSPS) is 24.6. The van der Waals surface area contributed by atoms with Crippen molar-refractivity contribution in [3.63, 3.8) is 0 Å². The lowest BCUT2D eigenvalue weighted by molar-refractivity contribution is 0.120. The molecule has 2 fully saturated rings. The van der Waals surface area contributed by atoms with Crippen LogP contribution in [0.25, 0.3) is 0 Å². The third-order valence-electron chi connectivity index (χ3n) is 4.50. The maximum absolute atomic E-state index is 6.08. The molecular weight excluding hydrogens is 305 g/mol. The van der Waals surface area contributed by atoms with Crippen LogP contribution in [0.2, 0.25) is 10.0 Å². The van der Waals surface area contributed by atoms with Crippen molar-refractivity contribution < 1.29 is 0 Å². The zero-order valence-corrected chi connectivity index (χ0v) is 13.8. The summed E-state index contributed by atoms with van der Waals surface area (Å²) in [4.78, 5) is 5.09. The minimum atomic E-state index is 0.634. The van der Waals surface area contributed by atoms with E-state index in [4.69, 9.17) is 23.2 Å². The maximum Gasteiger partial charge on any atom is 0.0595 e. The molecule has 1 aromatic rings. The lowest BCUT2D eigenvalue weighted by atomic mass is 10.1. The number of nitrogens with one attached hydrogen (secondary N) is 1. The van der Waals surface area contributed by atoms with Crippen molar-refractivity contribution in [3.05, 3.63) is 33.8 Å². The molecule has 2 saturated heterocycles. The van der Waals surface area contributed by atoms with Gasteiger partial charge < -0.3 is 5.32 Å². The zero-order valence-electron chi connectivity index (χ0n) is 12.3. The first-order valence-electron chi connectivity index (χ1n) is 7.83. The third kappa shape index (κ3) is 4.33. The summed E-state index contributed by atoms with van der Waals surface area (Å²) < 4.78 is 0. The van der Waals surface area contributed by atoms with Crippen molar-refractivity contribution >= 4 is 23.2 Å². The Hall–Kier alpha value is -0.320.